The van der Waals surface area contributed by atoms with E-state index in [2.05, 4.69) is 18.7 Å². The lowest BCUT2D eigenvalue weighted by atomic mass is 9.87. The highest BCUT2D eigenvalue weighted by molar-refractivity contribution is 5.19. The molecule has 3 heteroatoms. The number of hydrogen-bond donors (Lipinski definition) is 1. The summed E-state index contributed by atoms with van der Waals surface area (Å²) in [6, 6.07) is 7.63. The van der Waals surface area contributed by atoms with E-state index >= 15 is 0 Å². The van der Waals surface area contributed by atoms with Gasteiger partial charge < -0.3 is 5.73 Å². The molecule has 0 amide bonds. The van der Waals surface area contributed by atoms with Crippen LogP contribution >= 0.6 is 0 Å². The Morgan fingerprint density at radius 3 is 2.63 bits per heavy atom. The molecule has 0 aromatic heterocycles. The van der Waals surface area contributed by atoms with Crippen LogP contribution in [0.3, 0.4) is 0 Å². The van der Waals surface area contributed by atoms with Crippen molar-refractivity contribution >= 4 is 0 Å². The quantitative estimate of drug-likeness (QED) is 0.903. The fourth-order valence-corrected chi connectivity index (χ4v) is 3.20. The lowest BCUT2D eigenvalue weighted by Crippen LogP contribution is -2.47. The van der Waals surface area contributed by atoms with Gasteiger partial charge in [0.2, 0.25) is 0 Å². The molecule has 1 aliphatic rings. The number of nitrogens with zero attached hydrogens (tertiary/aromatic N) is 1. The maximum absolute atomic E-state index is 13.0. The molecule has 1 fully saturated rings. The molecular weight excluding hydrogens is 239 g/mol. The van der Waals surface area contributed by atoms with E-state index in [1.165, 1.54) is 24.8 Å². The number of benzene rings is 1. The number of rotatable bonds is 4. The van der Waals surface area contributed by atoms with Crippen LogP contribution in [0.2, 0.25) is 0 Å². The van der Waals surface area contributed by atoms with Crippen molar-refractivity contribution < 1.29 is 4.39 Å². The van der Waals surface area contributed by atoms with Gasteiger partial charge in [-0.3, -0.25) is 4.90 Å². The van der Waals surface area contributed by atoms with Gasteiger partial charge >= 0.3 is 0 Å². The predicted molar refractivity (Wildman–Crippen MR) is 77.4 cm³/mol. The molecule has 0 saturated carbocycles. The number of likely N-dealkylation sites (tertiary alicyclic amines) is 1. The zero-order valence-corrected chi connectivity index (χ0v) is 12.0. The molecule has 1 saturated heterocycles. The predicted octanol–water partition coefficient (Wildman–Crippen LogP) is 3.34. The molecule has 3 unspecified atom stereocenters. The molecule has 19 heavy (non-hydrogen) atoms. The minimum Gasteiger partial charge on any atom is -0.329 e. The largest absolute Gasteiger partial charge is 0.329 e. The SMILES string of the molecule is CCC1CCN(C(C)c2ccc(F)cc2)C(CN)C1. The van der Waals surface area contributed by atoms with Crippen LogP contribution in [0.25, 0.3) is 0 Å². The summed E-state index contributed by atoms with van der Waals surface area (Å²) >= 11 is 0. The highest BCUT2D eigenvalue weighted by Gasteiger charge is 2.30. The van der Waals surface area contributed by atoms with E-state index in [-0.39, 0.29) is 5.82 Å². The molecule has 1 aliphatic heterocycles. The van der Waals surface area contributed by atoms with E-state index in [0.29, 0.717) is 18.6 Å². The zero-order chi connectivity index (χ0) is 13.8. The summed E-state index contributed by atoms with van der Waals surface area (Å²) in [5.41, 5.74) is 7.12. The number of hydrogen-bond acceptors (Lipinski definition) is 2. The summed E-state index contributed by atoms with van der Waals surface area (Å²) < 4.78 is 13.0. The fourth-order valence-electron chi connectivity index (χ4n) is 3.20. The van der Waals surface area contributed by atoms with E-state index in [4.69, 9.17) is 5.73 Å². The van der Waals surface area contributed by atoms with Crippen molar-refractivity contribution in [3.8, 4) is 0 Å². The Balaban J connectivity index is 2.09. The van der Waals surface area contributed by atoms with E-state index < -0.39 is 0 Å². The van der Waals surface area contributed by atoms with Crippen molar-refractivity contribution in [2.24, 2.45) is 11.7 Å². The maximum Gasteiger partial charge on any atom is 0.123 e. The van der Waals surface area contributed by atoms with Crippen LogP contribution in [-0.4, -0.2) is 24.0 Å². The van der Waals surface area contributed by atoms with E-state index in [1.54, 1.807) is 12.1 Å². The Bertz CT molecular complexity index is 390. The lowest BCUT2D eigenvalue weighted by molar-refractivity contribution is 0.0772. The van der Waals surface area contributed by atoms with E-state index in [0.717, 1.165) is 12.5 Å². The van der Waals surface area contributed by atoms with Gasteiger partial charge in [-0.2, -0.15) is 0 Å². The second-order valence-corrected chi connectivity index (χ2v) is 5.65. The molecule has 1 aromatic rings. The second kappa shape index (κ2) is 6.49. The maximum atomic E-state index is 13.0. The van der Waals surface area contributed by atoms with Crippen molar-refractivity contribution in [1.29, 1.82) is 0 Å². The van der Waals surface area contributed by atoms with E-state index in [9.17, 15) is 4.39 Å². The van der Waals surface area contributed by atoms with Crippen LogP contribution in [0, 0.1) is 11.7 Å². The van der Waals surface area contributed by atoms with Crippen molar-refractivity contribution in [3.05, 3.63) is 35.6 Å². The first-order chi connectivity index (χ1) is 9.15. The first-order valence-corrected chi connectivity index (χ1v) is 7.37. The molecule has 106 valence electrons. The van der Waals surface area contributed by atoms with Gasteiger partial charge in [0.1, 0.15) is 5.82 Å². The van der Waals surface area contributed by atoms with Crippen molar-refractivity contribution in [1.82, 2.24) is 4.90 Å². The van der Waals surface area contributed by atoms with Gasteiger partial charge in [-0.15, -0.1) is 0 Å². The summed E-state index contributed by atoms with van der Waals surface area (Å²) in [5, 5.41) is 0. The van der Waals surface area contributed by atoms with Crippen LogP contribution in [-0.2, 0) is 0 Å². The van der Waals surface area contributed by atoms with Crippen molar-refractivity contribution in [2.75, 3.05) is 13.1 Å². The van der Waals surface area contributed by atoms with Crippen LogP contribution in [0.5, 0.6) is 0 Å². The first-order valence-electron chi connectivity index (χ1n) is 7.37. The third kappa shape index (κ3) is 3.34. The van der Waals surface area contributed by atoms with E-state index in [1.807, 2.05) is 12.1 Å². The minimum absolute atomic E-state index is 0.170. The Hall–Kier alpha value is -0.930. The highest BCUT2D eigenvalue weighted by atomic mass is 19.1. The van der Waals surface area contributed by atoms with Gasteiger partial charge in [-0.05, 0) is 49.9 Å². The average molecular weight is 264 g/mol. The summed E-state index contributed by atoms with van der Waals surface area (Å²) in [6.45, 7) is 6.26. The van der Waals surface area contributed by atoms with Crippen LogP contribution in [0.4, 0.5) is 4.39 Å². The van der Waals surface area contributed by atoms with Gasteiger partial charge in [0.15, 0.2) is 0 Å². The van der Waals surface area contributed by atoms with Gasteiger partial charge in [0.25, 0.3) is 0 Å². The average Bonchev–Trinajstić information content (AvgIpc) is 2.46. The molecule has 1 heterocycles. The number of halogens is 1. The molecule has 0 aliphatic carbocycles. The van der Waals surface area contributed by atoms with Crippen LogP contribution in [0.15, 0.2) is 24.3 Å². The summed E-state index contributed by atoms with van der Waals surface area (Å²) in [4.78, 5) is 2.49. The molecular formula is C16H25FN2. The standard InChI is InChI=1S/C16H25FN2/c1-3-13-8-9-19(16(10-13)11-18)12(2)14-4-6-15(17)7-5-14/h4-7,12-13,16H,3,8-11,18H2,1-2H3. The first kappa shape index (κ1) is 14.5. The Kier molecular flexibility index (Phi) is 4.94. The number of nitrogens with two attached hydrogens (primary N) is 1. The molecule has 0 spiro atoms. The van der Waals surface area contributed by atoms with Crippen molar-refractivity contribution in [2.45, 2.75) is 45.2 Å². The highest BCUT2D eigenvalue weighted by Crippen LogP contribution is 2.31. The zero-order valence-electron chi connectivity index (χ0n) is 12.0. The molecule has 3 atom stereocenters. The molecule has 2 nitrogen and oxygen atoms in total. The Labute approximate surface area is 115 Å². The fraction of sp³-hybridized carbons (Fsp3) is 0.625. The second-order valence-electron chi connectivity index (χ2n) is 5.65. The van der Waals surface area contributed by atoms with Gasteiger partial charge in [0.05, 0.1) is 0 Å². The lowest BCUT2D eigenvalue weighted by Gasteiger charge is -2.42. The molecule has 2 rings (SSSR count). The molecule has 1 aromatic carbocycles. The summed E-state index contributed by atoms with van der Waals surface area (Å²) in [6.07, 6.45) is 3.69. The molecule has 0 radical (unpaired) electrons. The monoisotopic (exact) mass is 264 g/mol. The van der Waals surface area contributed by atoms with Crippen molar-refractivity contribution in [3.63, 3.8) is 0 Å². The Morgan fingerprint density at radius 2 is 2.05 bits per heavy atom. The van der Waals surface area contributed by atoms with Crippen LogP contribution < -0.4 is 5.73 Å². The van der Waals surface area contributed by atoms with Gasteiger partial charge in [0, 0.05) is 18.6 Å². The Morgan fingerprint density at radius 1 is 1.37 bits per heavy atom. The molecule has 0 bridgehead atoms. The van der Waals surface area contributed by atoms with Gasteiger partial charge in [-0.25, -0.2) is 4.39 Å². The molecule has 2 N–H and O–H groups in total. The van der Waals surface area contributed by atoms with Crippen LogP contribution in [0.1, 0.15) is 44.7 Å². The minimum atomic E-state index is -0.170. The third-order valence-corrected chi connectivity index (χ3v) is 4.57. The smallest absolute Gasteiger partial charge is 0.123 e. The normalized spacial score (nSPS) is 26.3. The number of piperidine rings is 1. The summed E-state index contributed by atoms with van der Waals surface area (Å²) in [5.74, 6) is 0.640. The van der Waals surface area contributed by atoms with Gasteiger partial charge in [-0.1, -0.05) is 25.5 Å². The summed E-state index contributed by atoms with van der Waals surface area (Å²) in [7, 11) is 0. The third-order valence-electron chi connectivity index (χ3n) is 4.57. The topological polar surface area (TPSA) is 29.3 Å².